The van der Waals surface area contributed by atoms with E-state index in [-0.39, 0.29) is 17.4 Å². The summed E-state index contributed by atoms with van der Waals surface area (Å²) in [7, 11) is 0. The Morgan fingerprint density at radius 1 is 1.16 bits per heavy atom. The number of rotatable bonds is 6. The molecule has 1 N–H and O–H groups in total. The van der Waals surface area contributed by atoms with Crippen LogP contribution in [0, 0.1) is 5.92 Å². The molecule has 1 unspecified atom stereocenters. The summed E-state index contributed by atoms with van der Waals surface area (Å²) in [5.74, 6) is -0.113. The van der Waals surface area contributed by atoms with Crippen molar-refractivity contribution in [3.63, 3.8) is 0 Å². The second kappa shape index (κ2) is 7.38. The van der Waals surface area contributed by atoms with Crippen molar-refractivity contribution >= 4 is 17.6 Å². The Labute approximate surface area is 146 Å². The molecule has 1 aliphatic heterocycles. The molecular formula is C20H21NO4. The average molecular weight is 339 g/mol. The highest BCUT2D eigenvalue weighted by molar-refractivity contribution is 5.95. The standard InChI is InChI=1S/C20H21NO4/c1-2-14-3-7-17(8-4-14)21-12-15(11-19(21)22)13-25-18-9-5-16(6-10-18)20(23)24/h3-10,15H,2,11-13H2,1H3,(H,23,24). The van der Waals surface area contributed by atoms with Crippen molar-refractivity contribution in [1.29, 1.82) is 0 Å². The lowest BCUT2D eigenvalue weighted by Gasteiger charge is -2.17. The van der Waals surface area contributed by atoms with E-state index in [1.165, 1.54) is 17.7 Å². The molecule has 0 bridgehead atoms. The molecular weight excluding hydrogens is 318 g/mol. The number of carbonyl (C=O) groups is 2. The number of nitrogens with zero attached hydrogens (tertiary/aromatic N) is 1. The van der Waals surface area contributed by atoms with Crippen LogP contribution in [0.5, 0.6) is 5.75 Å². The van der Waals surface area contributed by atoms with E-state index in [1.807, 2.05) is 12.1 Å². The van der Waals surface area contributed by atoms with E-state index in [4.69, 9.17) is 9.84 Å². The van der Waals surface area contributed by atoms with Crippen molar-refractivity contribution in [2.75, 3.05) is 18.1 Å². The molecule has 2 aromatic carbocycles. The van der Waals surface area contributed by atoms with Crippen LogP contribution in [0.3, 0.4) is 0 Å². The summed E-state index contributed by atoms with van der Waals surface area (Å²) in [6, 6.07) is 14.4. The van der Waals surface area contributed by atoms with Crippen molar-refractivity contribution in [2.45, 2.75) is 19.8 Å². The number of hydrogen-bond donors (Lipinski definition) is 1. The molecule has 0 saturated carbocycles. The number of carbonyl (C=O) groups excluding carboxylic acids is 1. The van der Waals surface area contributed by atoms with Crippen molar-refractivity contribution < 1.29 is 19.4 Å². The van der Waals surface area contributed by atoms with Crippen LogP contribution in [0.4, 0.5) is 5.69 Å². The summed E-state index contributed by atoms with van der Waals surface area (Å²) in [6.45, 7) is 3.17. The molecule has 5 heteroatoms. The molecule has 5 nitrogen and oxygen atoms in total. The van der Waals surface area contributed by atoms with Crippen molar-refractivity contribution in [2.24, 2.45) is 5.92 Å². The number of ether oxygens (including phenoxy) is 1. The van der Waals surface area contributed by atoms with Gasteiger partial charge in [0.25, 0.3) is 0 Å². The van der Waals surface area contributed by atoms with Crippen LogP contribution in [0.1, 0.15) is 29.3 Å². The van der Waals surface area contributed by atoms with Gasteiger partial charge in [0.15, 0.2) is 0 Å². The molecule has 0 aliphatic carbocycles. The number of carboxylic acid groups (broad SMARTS) is 1. The number of benzene rings is 2. The predicted molar refractivity (Wildman–Crippen MR) is 95.2 cm³/mol. The zero-order valence-corrected chi connectivity index (χ0v) is 14.1. The molecule has 1 amide bonds. The topological polar surface area (TPSA) is 66.8 Å². The first-order valence-corrected chi connectivity index (χ1v) is 8.42. The first-order chi connectivity index (χ1) is 12.1. The van der Waals surface area contributed by atoms with Crippen LogP contribution in [0.15, 0.2) is 48.5 Å². The van der Waals surface area contributed by atoms with E-state index in [0.717, 1.165) is 12.1 Å². The normalized spacial score (nSPS) is 16.9. The fourth-order valence-electron chi connectivity index (χ4n) is 2.96. The fourth-order valence-corrected chi connectivity index (χ4v) is 2.96. The zero-order chi connectivity index (χ0) is 17.8. The number of amides is 1. The average Bonchev–Trinajstić information content (AvgIpc) is 3.01. The lowest BCUT2D eigenvalue weighted by molar-refractivity contribution is -0.117. The Balaban J connectivity index is 1.57. The number of carboxylic acids is 1. The first kappa shape index (κ1) is 17.0. The molecule has 1 fully saturated rings. The number of aryl methyl sites for hydroxylation is 1. The maximum Gasteiger partial charge on any atom is 0.335 e. The molecule has 25 heavy (non-hydrogen) atoms. The van der Waals surface area contributed by atoms with Gasteiger partial charge in [-0.25, -0.2) is 4.79 Å². The van der Waals surface area contributed by atoms with Gasteiger partial charge in [0.2, 0.25) is 5.91 Å². The van der Waals surface area contributed by atoms with Gasteiger partial charge in [0, 0.05) is 24.6 Å². The number of hydrogen-bond acceptors (Lipinski definition) is 3. The number of anilines is 1. The van der Waals surface area contributed by atoms with Crippen LogP contribution in [-0.2, 0) is 11.2 Å². The van der Waals surface area contributed by atoms with Gasteiger partial charge < -0.3 is 14.7 Å². The Hall–Kier alpha value is -2.82. The highest BCUT2D eigenvalue weighted by Crippen LogP contribution is 2.26. The molecule has 1 heterocycles. The Morgan fingerprint density at radius 3 is 2.44 bits per heavy atom. The minimum Gasteiger partial charge on any atom is -0.493 e. The van der Waals surface area contributed by atoms with Gasteiger partial charge in [0.1, 0.15) is 5.75 Å². The Kier molecular flexibility index (Phi) is 5.03. The minimum atomic E-state index is -0.960. The smallest absolute Gasteiger partial charge is 0.335 e. The zero-order valence-electron chi connectivity index (χ0n) is 14.1. The maximum atomic E-state index is 12.3. The van der Waals surface area contributed by atoms with E-state index < -0.39 is 5.97 Å². The molecule has 0 aromatic heterocycles. The van der Waals surface area contributed by atoms with Gasteiger partial charge in [-0.15, -0.1) is 0 Å². The van der Waals surface area contributed by atoms with Gasteiger partial charge in [-0.05, 0) is 48.4 Å². The van der Waals surface area contributed by atoms with E-state index in [0.29, 0.717) is 25.3 Å². The van der Waals surface area contributed by atoms with E-state index in [9.17, 15) is 9.59 Å². The van der Waals surface area contributed by atoms with Crippen molar-refractivity contribution in [3.8, 4) is 5.75 Å². The van der Waals surface area contributed by atoms with Gasteiger partial charge in [0.05, 0.1) is 12.2 Å². The van der Waals surface area contributed by atoms with E-state index in [2.05, 4.69) is 19.1 Å². The van der Waals surface area contributed by atoms with Crippen LogP contribution in [-0.4, -0.2) is 30.1 Å². The monoisotopic (exact) mass is 339 g/mol. The second-order valence-corrected chi connectivity index (χ2v) is 6.24. The quantitative estimate of drug-likeness (QED) is 0.876. The van der Waals surface area contributed by atoms with Gasteiger partial charge >= 0.3 is 5.97 Å². The minimum absolute atomic E-state index is 0.110. The summed E-state index contributed by atoms with van der Waals surface area (Å²) in [6.07, 6.45) is 1.44. The number of aromatic carboxylic acids is 1. The summed E-state index contributed by atoms with van der Waals surface area (Å²) in [5.41, 5.74) is 2.40. The largest absolute Gasteiger partial charge is 0.493 e. The summed E-state index contributed by atoms with van der Waals surface area (Å²) >= 11 is 0. The molecule has 2 aromatic rings. The second-order valence-electron chi connectivity index (χ2n) is 6.24. The van der Waals surface area contributed by atoms with E-state index in [1.54, 1.807) is 17.0 Å². The van der Waals surface area contributed by atoms with Gasteiger partial charge in [-0.3, -0.25) is 4.79 Å². The van der Waals surface area contributed by atoms with Crippen molar-refractivity contribution in [3.05, 3.63) is 59.7 Å². The molecule has 1 saturated heterocycles. The molecule has 1 atom stereocenters. The third-order valence-corrected chi connectivity index (χ3v) is 4.45. The summed E-state index contributed by atoms with van der Waals surface area (Å²) in [5, 5.41) is 8.89. The third-order valence-electron chi connectivity index (χ3n) is 4.45. The van der Waals surface area contributed by atoms with Crippen molar-refractivity contribution in [1.82, 2.24) is 0 Å². The van der Waals surface area contributed by atoms with Crippen LogP contribution in [0.25, 0.3) is 0 Å². The SMILES string of the molecule is CCc1ccc(N2CC(COc3ccc(C(=O)O)cc3)CC2=O)cc1. The van der Waals surface area contributed by atoms with Crippen LogP contribution >= 0.6 is 0 Å². The van der Waals surface area contributed by atoms with Crippen LogP contribution < -0.4 is 9.64 Å². The van der Waals surface area contributed by atoms with E-state index >= 15 is 0 Å². The summed E-state index contributed by atoms with van der Waals surface area (Å²) in [4.78, 5) is 24.9. The maximum absolute atomic E-state index is 12.3. The first-order valence-electron chi connectivity index (χ1n) is 8.42. The van der Waals surface area contributed by atoms with Gasteiger partial charge in [-0.2, -0.15) is 0 Å². The molecule has 0 radical (unpaired) electrons. The predicted octanol–water partition coefficient (Wildman–Crippen LogP) is 3.38. The third kappa shape index (κ3) is 3.99. The van der Waals surface area contributed by atoms with Gasteiger partial charge in [-0.1, -0.05) is 19.1 Å². The Morgan fingerprint density at radius 2 is 1.84 bits per heavy atom. The lowest BCUT2D eigenvalue weighted by atomic mass is 10.1. The van der Waals surface area contributed by atoms with Crippen LogP contribution in [0.2, 0.25) is 0 Å². The molecule has 0 spiro atoms. The highest BCUT2D eigenvalue weighted by atomic mass is 16.5. The Bertz CT molecular complexity index is 752. The summed E-state index contributed by atoms with van der Waals surface area (Å²) < 4.78 is 5.72. The fraction of sp³-hybridized carbons (Fsp3) is 0.300. The molecule has 1 aliphatic rings. The highest BCUT2D eigenvalue weighted by Gasteiger charge is 2.31. The lowest BCUT2D eigenvalue weighted by Crippen LogP contribution is -2.25. The molecule has 3 rings (SSSR count). The molecule has 130 valence electrons.